The maximum atomic E-state index is 13.7. The van der Waals surface area contributed by atoms with E-state index in [1.54, 1.807) is 56.5 Å². The minimum Gasteiger partial charge on any atom is -0.503 e. The molecule has 0 spiro atoms. The molecular weight excluding hydrogens is 520 g/mol. The minimum atomic E-state index is -1.01. The van der Waals surface area contributed by atoms with Gasteiger partial charge in [0.1, 0.15) is 18.1 Å². The molecule has 1 N–H and O–H groups in total. The van der Waals surface area contributed by atoms with Crippen LogP contribution in [0.5, 0.6) is 17.2 Å². The Hall–Kier alpha value is -4.57. The van der Waals surface area contributed by atoms with Crippen molar-refractivity contribution in [3.05, 3.63) is 89.6 Å². The zero-order chi connectivity index (χ0) is 27.7. The Labute approximate surface area is 228 Å². The van der Waals surface area contributed by atoms with Crippen LogP contribution in [-0.2, 0) is 4.79 Å². The zero-order valence-electron chi connectivity index (χ0n) is 21.6. The number of hydrogen-bond donors (Lipinski definition) is 1. The van der Waals surface area contributed by atoms with E-state index in [4.69, 9.17) is 18.6 Å². The van der Waals surface area contributed by atoms with E-state index in [1.165, 1.54) is 22.3 Å². The van der Waals surface area contributed by atoms with Gasteiger partial charge in [-0.15, -0.1) is 0 Å². The SMILES string of the molecule is C=CCOc1ccc(C2C(C(=O)c3ccc(C)o3)=C(O)C(=O)N2c2nc3ccc(OC)cc3s2)cc1OCC. The standard InChI is InChI=1S/C29H26N2O7S/c1-5-13-37-20-12-8-17(14-22(20)36-6-2)25-24(26(32)21-11-7-16(3)38-21)27(33)28(34)31(25)29-30-19-10-9-18(35-4)15-23(19)39-29/h5,7-12,14-15,25,33H,1,6,13H2,2-4H3. The molecule has 0 saturated heterocycles. The van der Waals surface area contributed by atoms with Crippen molar-refractivity contribution in [1.82, 2.24) is 4.98 Å². The number of anilines is 1. The van der Waals surface area contributed by atoms with Crippen LogP contribution in [-0.4, -0.2) is 42.1 Å². The molecule has 0 saturated carbocycles. The van der Waals surface area contributed by atoms with E-state index in [0.717, 1.165) is 4.70 Å². The second kappa shape index (κ2) is 10.7. The summed E-state index contributed by atoms with van der Waals surface area (Å²) in [4.78, 5) is 33.2. The molecule has 1 unspecified atom stereocenters. The van der Waals surface area contributed by atoms with Gasteiger partial charge in [0.15, 0.2) is 28.1 Å². The lowest BCUT2D eigenvalue weighted by molar-refractivity contribution is -0.117. The van der Waals surface area contributed by atoms with Crippen LogP contribution >= 0.6 is 11.3 Å². The van der Waals surface area contributed by atoms with Crippen molar-refractivity contribution in [2.24, 2.45) is 0 Å². The number of hydrogen-bond acceptors (Lipinski definition) is 9. The van der Waals surface area contributed by atoms with Crippen molar-refractivity contribution in [1.29, 1.82) is 0 Å². The molecule has 3 heterocycles. The van der Waals surface area contributed by atoms with E-state index in [9.17, 15) is 14.7 Å². The fourth-order valence-corrected chi connectivity index (χ4v) is 5.41. The van der Waals surface area contributed by atoms with Gasteiger partial charge in [-0.05, 0) is 61.9 Å². The third-order valence-corrected chi connectivity index (χ3v) is 7.16. The first-order valence-corrected chi connectivity index (χ1v) is 13.0. The van der Waals surface area contributed by atoms with E-state index in [1.807, 2.05) is 13.0 Å². The van der Waals surface area contributed by atoms with E-state index in [-0.39, 0.29) is 17.9 Å². The Morgan fingerprint density at radius 1 is 1.18 bits per heavy atom. The second-order valence-electron chi connectivity index (χ2n) is 8.65. The van der Waals surface area contributed by atoms with Gasteiger partial charge < -0.3 is 23.7 Å². The number of aliphatic hydroxyl groups excluding tert-OH is 1. The summed E-state index contributed by atoms with van der Waals surface area (Å²) >= 11 is 1.25. The molecule has 5 rings (SSSR count). The van der Waals surface area contributed by atoms with Gasteiger partial charge in [-0.1, -0.05) is 30.1 Å². The molecule has 0 aliphatic carbocycles. The molecule has 2 aromatic carbocycles. The highest BCUT2D eigenvalue weighted by molar-refractivity contribution is 7.22. The van der Waals surface area contributed by atoms with E-state index in [0.29, 0.717) is 45.8 Å². The molecule has 0 radical (unpaired) electrons. The number of nitrogens with zero attached hydrogens (tertiary/aromatic N) is 2. The Balaban J connectivity index is 1.67. The molecule has 4 aromatic rings. The molecule has 9 nitrogen and oxygen atoms in total. The Bertz CT molecular complexity index is 1620. The number of ether oxygens (including phenoxy) is 3. The maximum Gasteiger partial charge on any atom is 0.296 e. The van der Waals surface area contributed by atoms with Crippen molar-refractivity contribution in [2.75, 3.05) is 25.2 Å². The van der Waals surface area contributed by atoms with Crippen molar-refractivity contribution >= 4 is 38.4 Å². The van der Waals surface area contributed by atoms with Gasteiger partial charge in [-0.25, -0.2) is 4.98 Å². The summed E-state index contributed by atoms with van der Waals surface area (Å²) in [6, 6.07) is 12.6. The van der Waals surface area contributed by atoms with E-state index < -0.39 is 23.5 Å². The second-order valence-corrected chi connectivity index (χ2v) is 9.66. The van der Waals surface area contributed by atoms with Gasteiger partial charge in [0.25, 0.3) is 5.91 Å². The number of aryl methyl sites for hydroxylation is 1. The lowest BCUT2D eigenvalue weighted by Crippen LogP contribution is -2.31. The average molecular weight is 547 g/mol. The Morgan fingerprint density at radius 3 is 2.69 bits per heavy atom. The topological polar surface area (TPSA) is 111 Å². The van der Waals surface area contributed by atoms with Crippen LogP contribution in [0.3, 0.4) is 0 Å². The summed E-state index contributed by atoms with van der Waals surface area (Å²) < 4.78 is 23.2. The molecule has 1 aliphatic heterocycles. The summed E-state index contributed by atoms with van der Waals surface area (Å²) in [5.41, 5.74) is 1.05. The lowest BCUT2D eigenvalue weighted by atomic mass is 9.95. The summed E-state index contributed by atoms with van der Waals surface area (Å²) in [6.45, 7) is 7.85. The fourth-order valence-electron chi connectivity index (χ4n) is 4.39. The summed E-state index contributed by atoms with van der Waals surface area (Å²) in [5, 5.41) is 11.4. The van der Waals surface area contributed by atoms with Crippen molar-refractivity contribution in [3.63, 3.8) is 0 Å². The monoisotopic (exact) mass is 546 g/mol. The minimum absolute atomic E-state index is 0.0127. The van der Waals surface area contributed by atoms with Gasteiger partial charge in [0.2, 0.25) is 5.78 Å². The molecule has 0 bridgehead atoms. The van der Waals surface area contributed by atoms with Gasteiger partial charge >= 0.3 is 0 Å². The number of Topliss-reactive ketones (excluding diaryl/α,β-unsaturated/α-hetero) is 1. The molecular formula is C29H26N2O7S. The van der Waals surface area contributed by atoms with Crippen LogP contribution in [0.1, 0.15) is 34.8 Å². The molecule has 2 aromatic heterocycles. The highest BCUT2D eigenvalue weighted by Gasteiger charge is 2.46. The number of ketones is 1. The zero-order valence-corrected chi connectivity index (χ0v) is 22.4. The highest BCUT2D eigenvalue weighted by atomic mass is 32.1. The third kappa shape index (κ3) is 4.74. The van der Waals surface area contributed by atoms with Crippen LogP contribution in [0.4, 0.5) is 5.13 Å². The molecule has 1 amide bonds. The predicted octanol–water partition coefficient (Wildman–Crippen LogP) is 5.95. The molecule has 1 atom stereocenters. The number of thiazole rings is 1. The quantitative estimate of drug-likeness (QED) is 0.192. The predicted molar refractivity (Wildman–Crippen MR) is 147 cm³/mol. The number of carbonyl (C=O) groups excluding carboxylic acids is 2. The lowest BCUT2D eigenvalue weighted by Gasteiger charge is -2.25. The number of furan rings is 1. The van der Waals surface area contributed by atoms with Crippen LogP contribution in [0, 0.1) is 6.92 Å². The van der Waals surface area contributed by atoms with Crippen LogP contribution in [0.2, 0.25) is 0 Å². The summed E-state index contributed by atoms with van der Waals surface area (Å²) in [5.74, 6) is 0.0648. The van der Waals surface area contributed by atoms with Gasteiger partial charge in [0, 0.05) is 0 Å². The fraction of sp³-hybridized carbons (Fsp3) is 0.207. The van der Waals surface area contributed by atoms with Crippen molar-refractivity contribution in [2.45, 2.75) is 19.9 Å². The maximum absolute atomic E-state index is 13.7. The Kier molecular flexibility index (Phi) is 7.12. The molecule has 200 valence electrons. The third-order valence-electron chi connectivity index (χ3n) is 6.15. The number of methoxy groups -OCH3 is 1. The summed E-state index contributed by atoms with van der Waals surface area (Å²) in [6.07, 6.45) is 1.62. The highest BCUT2D eigenvalue weighted by Crippen LogP contribution is 2.46. The van der Waals surface area contributed by atoms with Gasteiger partial charge in [-0.2, -0.15) is 0 Å². The van der Waals surface area contributed by atoms with Gasteiger partial charge in [0.05, 0.1) is 35.5 Å². The molecule has 39 heavy (non-hydrogen) atoms. The average Bonchev–Trinajstić information content (AvgIpc) is 3.63. The number of amides is 1. The number of rotatable bonds is 10. The molecule has 10 heteroatoms. The normalized spacial score (nSPS) is 15.2. The molecule has 0 fully saturated rings. The van der Waals surface area contributed by atoms with Gasteiger partial charge in [-0.3, -0.25) is 14.5 Å². The van der Waals surface area contributed by atoms with Crippen LogP contribution in [0.25, 0.3) is 10.2 Å². The smallest absolute Gasteiger partial charge is 0.296 e. The van der Waals surface area contributed by atoms with E-state index in [2.05, 4.69) is 11.6 Å². The van der Waals surface area contributed by atoms with E-state index >= 15 is 0 Å². The van der Waals surface area contributed by atoms with Crippen molar-refractivity contribution < 1.29 is 33.3 Å². The number of aromatic nitrogens is 1. The number of aliphatic hydroxyl groups is 1. The van der Waals surface area contributed by atoms with Crippen LogP contribution < -0.4 is 19.1 Å². The largest absolute Gasteiger partial charge is 0.503 e. The first-order valence-electron chi connectivity index (χ1n) is 12.2. The first kappa shape index (κ1) is 26.1. The van der Waals surface area contributed by atoms with Crippen LogP contribution in [0.15, 0.2) is 76.9 Å². The number of benzene rings is 2. The van der Waals surface area contributed by atoms with Crippen molar-refractivity contribution in [3.8, 4) is 17.2 Å². The number of carbonyl (C=O) groups is 2. The Morgan fingerprint density at radius 2 is 2.00 bits per heavy atom. The first-order chi connectivity index (χ1) is 18.9. The summed E-state index contributed by atoms with van der Waals surface area (Å²) in [7, 11) is 1.57. The molecule has 1 aliphatic rings. The number of fused-ring (bicyclic) bond motifs is 1.